The lowest BCUT2D eigenvalue weighted by Crippen LogP contribution is -1.87. The minimum absolute atomic E-state index is 0.942. The predicted octanol–water partition coefficient (Wildman–Crippen LogP) is 4.70. The second-order valence-electron chi connectivity index (χ2n) is 4.51. The van der Waals surface area contributed by atoms with Crippen LogP contribution < -0.4 is 0 Å². The Balaban J connectivity index is 2.29. The number of para-hydroxylation sites is 1. The van der Waals surface area contributed by atoms with Gasteiger partial charge in [0.15, 0.2) is 0 Å². The van der Waals surface area contributed by atoms with Gasteiger partial charge in [0.1, 0.15) is 0 Å². The minimum Gasteiger partial charge on any atom is -0.254 e. The highest BCUT2D eigenvalue weighted by molar-refractivity contribution is 9.10. The summed E-state index contributed by atoms with van der Waals surface area (Å²) in [5, 5.41) is 3.35. The topological polar surface area (TPSA) is 25.8 Å². The summed E-state index contributed by atoms with van der Waals surface area (Å²) in [6.07, 6.45) is 1.81. The first kappa shape index (κ1) is 10.9. The third-order valence-corrected chi connectivity index (χ3v) is 3.98. The summed E-state index contributed by atoms with van der Waals surface area (Å²) >= 11 is 3.61. The van der Waals surface area contributed by atoms with E-state index in [2.05, 4.69) is 45.2 Å². The molecule has 0 N–H and O–H groups in total. The summed E-state index contributed by atoms with van der Waals surface area (Å²) in [5.74, 6) is 0. The van der Waals surface area contributed by atoms with Crippen LogP contribution in [0.15, 0.2) is 59.2 Å². The molecule has 0 bridgehead atoms. The fourth-order valence-corrected chi connectivity index (χ4v) is 3.00. The molecule has 2 heterocycles. The van der Waals surface area contributed by atoms with Gasteiger partial charge in [-0.2, -0.15) is 0 Å². The molecule has 0 aliphatic heterocycles. The van der Waals surface area contributed by atoms with E-state index in [1.54, 1.807) is 0 Å². The second kappa shape index (κ2) is 4.00. The highest BCUT2D eigenvalue weighted by Crippen LogP contribution is 2.31. The van der Waals surface area contributed by atoms with Gasteiger partial charge in [-0.15, -0.1) is 0 Å². The molecule has 4 aromatic rings. The van der Waals surface area contributed by atoms with E-state index in [0.29, 0.717) is 0 Å². The SMILES string of the molecule is Brc1cc2cc3ccccc3nc2c2ncccc12. The lowest BCUT2D eigenvalue weighted by Gasteiger charge is -2.06. The van der Waals surface area contributed by atoms with E-state index < -0.39 is 0 Å². The Bertz CT molecular complexity index is 931. The summed E-state index contributed by atoms with van der Waals surface area (Å²) in [6, 6.07) is 16.4. The zero-order valence-corrected chi connectivity index (χ0v) is 11.6. The molecule has 3 heteroatoms. The Morgan fingerprint density at radius 3 is 2.68 bits per heavy atom. The average molecular weight is 309 g/mol. The summed E-state index contributed by atoms with van der Waals surface area (Å²) in [6.45, 7) is 0. The van der Waals surface area contributed by atoms with Crippen molar-refractivity contribution < 1.29 is 0 Å². The lowest BCUT2D eigenvalue weighted by atomic mass is 10.1. The van der Waals surface area contributed by atoms with Crippen LogP contribution in [0.3, 0.4) is 0 Å². The van der Waals surface area contributed by atoms with Crippen LogP contribution in [-0.4, -0.2) is 9.97 Å². The molecule has 19 heavy (non-hydrogen) atoms. The molecule has 0 saturated heterocycles. The van der Waals surface area contributed by atoms with Crippen LogP contribution in [-0.2, 0) is 0 Å². The Labute approximate surface area is 118 Å². The maximum atomic E-state index is 4.76. The van der Waals surface area contributed by atoms with Gasteiger partial charge in [0.25, 0.3) is 0 Å². The molecule has 2 nitrogen and oxygen atoms in total. The van der Waals surface area contributed by atoms with Crippen molar-refractivity contribution in [1.82, 2.24) is 9.97 Å². The fraction of sp³-hybridized carbons (Fsp3) is 0. The maximum Gasteiger partial charge on any atom is 0.0976 e. The average Bonchev–Trinajstić information content (AvgIpc) is 2.46. The van der Waals surface area contributed by atoms with E-state index in [-0.39, 0.29) is 0 Å². The van der Waals surface area contributed by atoms with Crippen molar-refractivity contribution in [3.63, 3.8) is 0 Å². The van der Waals surface area contributed by atoms with Crippen molar-refractivity contribution in [3.05, 3.63) is 59.2 Å². The van der Waals surface area contributed by atoms with Gasteiger partial charge in [-0.05, 0) is 24.3 Å². The van der Waals surface area contributed by atoms with Crippen LogP contribution in [0.5, 0.6) is 0 Å². The molecule has 2 aromatic heterocycles. The molecule has 4 rings (SSSR count). The molecule has 0 aliphatic rings. The van der Waals surface area contributed by atoms with Gasteiger partial charge in [0.05, 0.1) is 16.6 Å². The third-order valence-electron chi connectivity index (χ3n) is 3.32. The normalized spacial score (nSPS) is 11.4. The second-order valence-corrected chi connectivity index (χ2v) is 5.37. The molecule has 2 aromatic carbocycles. The first-order valence-electron chi connectivity index (χ1n) is 6.06. The predicted molar refractivity (Wildman–Crippen MR) is 82.3 cm³/mol. The summed E-state index contributed by atoms with van der Waals surface area (Å²) in [5.41, 5.74) is 2.90. The van der Waals surface area contributed by atoms with E-state index in [1.807, 2.05) is 30.5 Å². The third kappa shape index (κ3) is 1.62. The van der Waals surface area contributed by atoms with Gasteiger partial charge in [-0.3, -0.25) is 4.98 Å². The number of nitrogens with zero attached hydrogens (tertiary/aromatic N) is 2. The molecule has 0 spiro atoms. The molecular formula is C16H9BrN2. The van der Waals surface area contributed by atoms with Gasteiger partial charge < -0.3 is 0 Å². The first-order chi connectivity index (χ1) is 9.33. The largest absolute Gasteiger partial charge is 0.254 e. The number of hydrogen-bond acceptors (Lipinski definition) is 2. The molecule has 0 atom stereocenters. The number of halogens is 1. The number of fused-ring (bicyclic) bond motifs is 4. The van der Waals surface area contributed by atoms with E-state index in [0.717, 1.165) is 37.2 Å². The van der Waals surface area contributed by atoms with Crippen LogP contribution in [0.25, 0.3) is 32.7 Å². The van der Waals surface area contributed by atoms with Crippen LogP contribution in [0.2, 0.25) is 0 Å². The Kier molecular flexibility index (Phi) is 2.29. The van der Waals surface area contributed by atoms with Gasteiger partial charge in [0, 0.05) is 26.8 Å². The zero-order chi connectivity index (χ0) is 12.8. The summed E-state index contributed by atoms with van der Waals surface area (Å²) < 4.78 is 1.06. The lowest BCUT2D eigenvalue weighted by molar-refractivity contribution is 1.40. The highest BCUT2D eigenvalue weighted by Gasteiger charge is 2.08. The van der Waals surface area contributed by atoms with Gasteiger partial charge in [-0.1, -0.05) is 40.2 Å². The number of hydrogen-bond donors (Lipinski definition) is 0. The highest BCUT2D eigenvalue weighted by atomic mass is 79.9. The standard InChI is InChI=1S/C16H9BrN2/c17-13-9-11-8-10-4-1-2-6-14(10)19-15(11)16-12(13)5-3-7-18-16/h1-9H. The van der Waals surface area contributed by atoms with E-state index in [9.17, 15) is 0 Å². The first-order valence-corrected chi connectivity index (χ1v) is 6.85. The van der Waals surface area contributed by atoms with Crippen LogP contribution in [0.4, 0.5) is 0 Å². The number of benzene rings is 2. The van der Waals surface area contributed by atoms with Gasteiger partial charge >= 0.3 is 0 Å². The minimum atomic E-state index is 0.942. The Morgan fingerprint density at radius 1 is 0.842 bits per heavy atom. The molecule has 90 valence electrons. The van der Waals surface area contributed by atoms with E-state index in [4.69, 9.17) is 4.98 Å². The van der Waals surface area contributed by atoms with Crippen molar-refractivity contribution >= 4 is 48.6 Å². The van der Waals surface area contributed by atoms with Crippen LogP contribution in [0.1, 0.15) is 0 Å². The van der Waals surface area contributed by atoms with Crippen molar-refractivity contribution in [3.8, 4) is 0 Å². The molecular weight excluding hydrogens is 300 g/mol. The molecule has 0 amide bonds. The van der Waals surface area contributed by atoms with Crippen molar-refractivity contribution in [1.29, 1.82) is 0 Å². The molecule has 0 saturated carbocycles. The van der Waals surface area contributed by atoms with E-state index in [1.165, 1.54) is 0 Å². The number of rotatable bonds is 0. The van der Waals surface area contributed by atoms with Crippen molar-refractivity contribution in [2.24, 2.45) is 0 Å². The number of aromatic nitrogens is 2. The smallest absolute Gasteiger partial charge is 0.0976 e. The monoisotopic (exact) mass is 308 g/mol. The van der Waals surface area contributed by atoms with Crippen LogP contribution in [0, 0.1) is 0 Å². The summed E-state index contributed by atoms with van der Waals surface area (Å²) in [4.78, 5) is 9.25. The fourth-order valence-electron chi connectivity index (χ4n) is 2.43. The summed E-state index contributed by atoms with van der Waals surface area (Å²) in [7, 11) is 0. The Morgan fingerprint density at radius 2 is 1.74 bits per heavy atom. The molecule has 0 radical (unpaired) electrons. The molecule has 0 unspecified atom stereocenters. The quantitative estimate of drug-likeness (QED) is 0.347. The van der Waals surface area contributed by atoms with Gasteiger partial charge in [-0.25, -0.2) is 4.98 Å². The zero-order valence-electron chi connectivity index (χ0n) is 9.97. The van der Waals surface area contributed by atoms with Gasteiger partial charge in [0.2, 0.25) is 0 Å². The molecule has 0 fully saturated rings. The number of pyridine rings is 2. The van der Waals surface area contributed by atoms with Crippen LogP contribution >= 0.6 is 15.9 Å². The maximum absolute atomic E-state index is 4.76. The van der Waals surface area contributed by atoms with Crippen molar-refractivity contribution in [2.45, 2.75) is 0 Å². The molecule has 0 aliphatic carbocycles. The van der Waals surface area contributed by atoms with E-state index >= 15 is 0 Å². The Hall–Kier alpha value is -2.00. The van der Waals surface area contributed by atoms with Crippen molar-refractivity contribution in [2.75, 3.05) is 0 Å².